The lowest BCUT2D eigenvalue weighted by atomic mass is 9.82. The molecule has 4 heteroatoms. The first kappa shape index (κ1) is 12.0. The molecule has 90 valence electrons. The number of aromatic nitrogens is 1. The van der Waals surface area contributed by atoms with Gasteiger partial charge in [0.25, 0.3) is 0 Å². The molecule has 1 fully saturated rings. The van der Waals surface area contributed by atoms with Gasteiger partial charge in [0.2, 0.25) is 0 Å². The predicted molar refractivity (Wildman–Crippen MR) is 64.4 cm³/mol. The molecule has 1 saturated heterocycles. The summed E-state index contributed by atoms with van der Waals surface area (Å²) in [5, 5.41) is 10.4. The highest BCUT2D eigenvalue weighted by Crippen LogP contribution is 2.47. The van der Waals surface area contributed by atoms with Crippen molar-refractivity contribution in [2.45, 2.75) is 51.4 Å². The SMILES string of the molecule is CC1(C)CC(C(O)c2cncs2)C(C)(C)O1. The number of ether oxygens (including phenoxy) is 1. The van der Waals surface area contributed by atoms with Crippen molar-refractivity contribution in [1.29, 1.82) is 0 Å². The molecule has 1 aliphatic heterocycles. The Labute approximate surface area is 100 Å². The van der Waals surface area contributed by atoms with Crippen molar-refractivity contribution < 1.29 is 9.84 Å². The standard InChI is InChI=1S/C12H19NO2S/c1-11(2)5-8(12(3,4)15-11)10(14)9-6-13-7-16-9/h6-8,10,14H,5H2,1-4H3. The number of hydrogen-bond donors (Lipinski definition) is 1. The van der Waals surface area contributed by atoms with Crippen LogP contribution in [0.3, 0.4) is 0 Å². The third-order valence-electron chi connectivity index (χ3n) is 3.27. The van der Waals surface area contributed by atoms with Gasteiger partial charge in [0.1, 0.15) is 0 Å². The molecule has 2 unspecified atom stereocenters. The molecule has 3 nitrogen and oxygen atoms in total. The Morgan fingerprint density at radius 1 is 1.50 bits per heavy atom. The van der Waals surface area contributed by atoms with E-state index < -0.39 is 6.10 Å². The van der Waals surface area contributed by atoms with Crippen LogP contribution in [-0.4, -0.2) is 21.3 Å². The Kier molecular flexibility index (Phi) is 2.85. The maximum Gasteiger partial charge on any atom is 0.0954 e. The van der Waals surface area contributed by atoms with Gasteiger partial charge in [-0.3, -0.25) is 4.98 Å². The summed E-state index contributed by atoms with van der Waals surface area (Å²) < 4.78 is 5.99. The molecule has 1 aliphatic rings. The van der Waals surface area contributed by atoms with Crippen LogP contribution >= 0.6 is 11.3 Å². The van der Waals surface area contributed by atoms with Crippen LogP contribution in [0.4, 0.5) is 0 Å². The van der Waals surface area contributed by atoms with E-state index in [9.17, 15) is 5.11 Å². The van der Waals surface area contributed by atoms with E-state index in [1.807, 2.05) is 0 Å². The smallest absolute Gasteiger partial charge is 0.0954 e. The molecule has 0 saturated carbocycles. The van der Waals surface area contributed by atoms with E-state index in [0.717, 1.165) is 11.3 Å². The normalized spacial score (nSPS) is 29.2. The molecule has 0 aromatic carbocycles. The first-order chi connectivity index (χ1) is 7.32. The fourth-order valence-electron chi connectivity index (χ4n) is 2.67. The Hall–Kier alpha value is -0.450. The van der Waals surface area contributed by atoms with Crippen LogP contribution < -0.4 is 0 Å². The first-order valence-corrected chi connectivity index (χ1v) is 6.46. The molecule has 0 aliphatic carbocycles. The Morgan fingerprint density at radius 3 is 2.62 bits per heavy atom. The minimum atomic E-state index is -0.468. The van der Waals surface area contributed by atoms with Gasteiger partial charge in [-0.2, -0.15) is 0 Å². The van der Waals surface area contributed by atoms with E-state index in [4.69, 9.17) is 4.74 Å². The number of nitrogens with zero attached hydrogens (tertiary/aromatic N) is 1. The Morgan fingerprint density at radius 2 is 2.19 bits per heavy atom. The summed E-state index contributed by atoms with van der Waals surface area (Å²) in [5.41, 5.74) is 1.32. The summed E-state index contributed by atoms with van der Waals surface area (Å²) in [6.07, 6.45) is 2.15. The average Bonchev–Trinajstić information content (AvgIpc) is 2.69. The third-order valence-corrected chi connectivity index (χ3v) is 4.11. The van der Waals surface area contributed by atoms with Crippen LogP contribution in [0.15, 0.2) is 11.7 Å². The van der Waals surface area contributed by atoms with Crippen LogP contribution in [0.1, 0.15) is 45.1 Å². The highest BCUT2D eigenvalue weighted by atomic mass is 32.1. The fraction of sp³-hybridized carbons (Fsp3) is 0.750. The van der Waals surface area contributed by atoms with Crippen molar-refractivity contribution in [2.24, 2.45) is 5.92 Å². The molecule has 1 aromatic rings. The molecule has 1 N–H and O–H groups in total. The second-order valence-corrected chi connectivity index (χ2v) is 6.54. The average molecular weight is 241 g/mol. The van der Waals surface area contributed by atoms with E-state index in [2.05, 4.69) is 32.7 Å². The van der Waals surface area contributed by atoms with Gasteiger partial charge in [-0.15, -0.1) is 11.3 Å². The summed E-state index contributed by atoms with van der Waals surface area (Å²) >= 11 is 1.50. The van der Waals surface area contributed by atoms with Gasteiger partial charge in [0, 0.05) is 12.1 Å². The zero-order valence-corrected chi connectivity index (χ0v) is 11.0. The Balaban J connectivity index is 2.22. The van der Waals surface area contributed by atoms with Crippen molar-refractivity contribution in [3.05, 3.63) is 16.6 Å². The van der Waals surface area contributed by atoms with Crippen LogP contribution in [0.2, 0.25) is 0 Å². The van der Waals surface area contributed by atoms with E-state index in [0.29, 0.717) is 0 Å². The van der Waals surface area contributed by atoms with Gasteiger partial charge in [0.05, 0.1) is 27.7 Å². The van der Waals surface area contributed by atoms with Gasteiger partial charge in [-0.05, 0) is 34.1 Å². The molecular formula is C12H19NO2S. The lowest BCUT2D eigenvalue weighted by molar-refractivity contribution is -0.0877. The van der Waals surface area contributed by atoms with Crippen molar-refractivity contribution in [2.75, 3.05) is 0 Å². The molecule has 0 radical (unpaired) electrons. The minimum absolute atomic E-state index is 0.128. The highest BCUT2D eigenvalue weighted by molar-refractivity contribution is 7.09. The van der Waals surface area contributed by atoms with Gasteiger partial charge in [-0.25, -0.2) is 0 Å². The largest absolute Gasteiger partial charge is 0.387 e. The molecule has 2 rings (SSSR count). The van der Waals surface area contributed by atoms with Crippen molar-refractivity contribution >= 4 is 11.3 Å². The van der Waals surface area contributed by atoms with Gasteiger partial charge in [-0.1, -0.05) is 0 Å². The fourth-order valence-corrected chi connectivity index (χ4v) is 3.34. The zero-order chi connectivity index (χ0) is 12.0. The molecule has 0 amide bonds. The number of aliphatic hydroxyl groups is 1. The monoisotopic (exact) mass is 241 g/mol. The molecular weight excluding hydrogens is 222 g/mol. The van der Waals surface area contributed by atoms with Crippen LogP contribution in [0, 0.1) is 5.92 Å². The molecule has 16 heavy (non-hydrogen) atoms. The number of thiazole rings is 1. The molecule has 0 spiro atoms. The van der Waals surface area contributed by atoms with E-state index >= 15 is 0 Å². The summed E-state index contributed by atoms with van der Waals surface area (Å²) in [5.74, 6) is 0.128. The number of hydrogen-bond acceptors (Lipinski definition) is 4. The van der Waals surface area contributed by atoms with Crippen molar-refractivity contribution in [3.8, 4) is 0 Å². The van der Waals surface area contributed by atoms with Crippen molar-refractivity contribution in [3.63, 3.8) is 0 Å². The predicted octanol–water partition coefficient (Wildman–Crippen LogP) is 2.77. The zero-order valence-electron chi connectivity index (χ0n) is 10.2. The van der Waals surface area contributed by atoms with Gasteiger partial charge in [0.15, 0.2) is 0 Å². The van der Waals surface area contributed by atoms with Crippen LogP contribution in [0.25, 0.3) is 0 Å². The molecule has 0 bridgehead atoms. The number of aliphatic hydroxyl groups excluding tert-OH is 1. The van der Waals surface area contributed by atoms with E-state index in [-0.39, 0.29) is 17.1 Å². The summed E-state index contributed by atoms with van der Waals surface area (Å²) in [7, 11) is 0. The van der Waals surface area contributed by atoms with E-state index in [1.165, 1.54) is 11.3 Å². The molecule has 1 aromatic heterocycles. The lowest BCUT2D eigenvalue weighted by Gasteiger charge is -2.29. The van der Waals surface area contributed by atoms with Gasteiger partial charge >= 0.3 is 0 Å². The number of rotatable bonds is 2. The molecule has 2 heterocycles. The first-order valence-electron chi connectivity index (χ1n) is 5.58. The second kappa shape index (κ2) is 3.79. The van der Waals surface area contributed by atoms with Crippen LogP contribution in [0.5, 0.6) is 0 Å². The topological polar surface area (TPSA) is 42.4 Å². The molecule has 2 atom stereocenters. The summed E-state index contributed by atoms with van der Waals surface area (Å²) in [4.78, 5) is 4.95. The minimum Gasteiger partial charge on any atom is -0.387 e. The van der Waals surface area contributed by atoms with E-state index in [1.54, 1.807) is 11.7 Å². The summed E-state index contributed by atoms with van der Waals surface area (Å²) in [6.45, 7) is 8.26. The van der Waals surface area contributed by atoms with Crippen LogP contribution in [-0.2, 0) is 4.74 Å². The Bertz CT molecular complexity index is 359. The highest BCUT2D eigenvalue weighted by Gasteiger charge is 2.49. The quantitative estimate of drug-likeness (QED) is 0.865. The maximum absolute atomic E-state index is 10.4. The maximum atomic E-state index is 10.4. The summed E-state index contributed by atoms with van der Waals surface area (Å²) in [6, 6.07) is 0. The van der Waals surface area contributed by atoms with Gasteiger partial charge < -0.3 is 9.84 Å². The second-order valence-electron chi connectivity index (χ2n) is 5.62. The lowest BCUT2D eigenvalue weighted by Crippen LogP contribution is -2.32. The third kappa shape index (κ3) is 2.14. The van der Waals surface area contributed by atoms with Crippen molar-refractivity contribution in [1.82, 2.24) is 4.98 Å².